The predicted molar refractivity (Wildman–Crippen MR) is 74.8 cm³/mol. The lowest BCUT2D eigenvalue weighted by Gasteiger charge is -2.26. The Morgan fingerprint density at radius 1 is 1.47 bits per heavy atom. The first-order valence-corrected chi connectivity index (χ1v) is 6.85. The monoisotopic (exact) mass is 262 g/mol. The van der Waals surface area contributed by atoms with Crippen LogP contribution in [0.3, 0.4) is 0 Å². The Balaban J connectivity index is 1.94. The SMILES string of the molecule is CC1(C(=O)NC(CO)Cc2ccccc2)CCCN1. The van der Waals surface area contributed by atoms with E-state index in [1.807, 2.05) is 37.3 Å². The van der Waals surface area contributed by atoms with E-state index in [9.17, 15) is 9.90 Å². The van der Waals surface area contributed by atoms with E-state index in [2.05, 4.69) is 10.6 Å². The molecule has 1 aliphatic heterocycles. The van der Waals surface area contributed by atoms with Gasteiger partial charge in [0, 0.05) is 0 Å². The molecule has 0 spiro atoms. The Morgan fingerprint density at radius 3 is 2.79 bits per heavy atom. The van der Waals surface area contributed by atoms with E-state index in [-0.39, 0.29) is 18.6 Å². The van der Waals surface area contributed by atoms with Gasteiger partial charge < -0.3 is 15.7 Å². The summed E-state index contributed by atoms with van der Waals surface area (Å²) in [7, 11) is 0. The number of nitrogens with one attached hydrogen (secondary N) is 2. The van der Waals surface area contributed by atoms with Crippen molar-refractivity contribution < 1.29 is 9.90 Å². The number of benzene rings is 1. The molecule has 1 amide bonds. The molecule has 1 fully saturated rings. The summed E-state index contributed by atoms with van der Waals surface area (Å²) in [4.78, 5) is 12.2. The summed E-state index contributed by atoms with van der Waals surface area (Å²) < 4.78 is 0. The van der Waals surface area contributed by atoms with Crippen molar-refractivity contribution in [3.05, 3.63) is 35.9 Å². The molecule has 0 aliphatic carbocycles. The van der Waals surface area contributed by atoms with Gasteiger partial charge in [0.15, 0.2) is 0 Å². The lowest BCUT2D eigenvalue weighted by molar-refractivity contribution is -0.127. The molecule has 1 aromatic rings. The first kappa shape index (κ1) is 14.0. The van der Waals surface area contributed by atoms with Crippen molar-refractivity contribution in [2.75, 3.05) is 13.2 Å². The zero-order valence-electron chi connectivity index (χ0n) is 11.4. The minimum Gasteiger partial charge on any atom is -0.394 e. The highest BCUT2D eigenvalue weighted by Gasteiger charge is 2.36. The van der Waals surface area contributed by atoms with Crippen molar-refractivity contribution in [3.8, 4) is 0 Å². The van der Waals surface area contributed by atoms with Crippen LogP contribution in [0.25, 0.3) is 0 Å². The van der Waals surface area contributed by atoms with Gasteiger partial charge in [0.1, 0.15) is 0 Å². The van der Waals surface area contributed by atoms with Crippen molar-refractivity contribution in [2.24, 2.45) is 0 Å². The van der Waals surface area contributed by atoms with Gasteiger partial charge in [-0.05, 0) is 38.3 Å². The average molecular weight is 262 g/mol. The Hall–Kier alpha value is -1.39. The van der Waals surface area contributed by atoms with E-state index in [1.54, 1.807) is 0 Å². The summed E-state index contributed by atoms with van der Waals surface area (Å²) >= 11 is 0. The molecule has 3 N–H and O–H groups in total. The van der Waals surface area contributed by atoms with E-state index < -0.39 is 5.54 Å². The first-order valence-electron chi connectivity index (χ1n) is 6.85. The third-order valence-corrected chi connectivity index (χ3v) is 3.75. The number of hydrogen-bond donors (Lipinski definition) is 3. The maximum atomic E-state index is 12.2. The minimum atomic E-state index is -0.482. The lowest BCUT2D eigenvalue weighted by Crippen LogP contribution is -2.54. The van der Waals surface area contributed by atoms with Crippen LogP contribution in [0.4, 0.5) is 0 Å². The van der Waals surface area contributed by atoms with Crippen molar-refractivity contribution in [1.82, 2.24) is 10.6 Å². The summed E-state index contributed by atoms with van der Waals surface area (Å²) in [6.45, 7) is 2.76. The second-order valence-electron chi connectivity index (χ2n) is 5.41. The highest BCUT2D eigenvalue weighted by Crippen LogP contribution is 2.18. The Labute approximate surface area is 114 Å². The molecule has 4 nitrogen and oxygen atoms in total. The summed E-state index contributed by atoms with van der Waals surface area (Å²) in [5.41, 5.74) is 0.635. The number of carbonyl (C=O) groups excluding carboxylic acids is 1. The maximum absolute atomic E-state index is 12.2. The molecular weight excluding hydrogens is 240 g/mol. The third kappa shape index (κ3) is 3.55. The fourth-order valence-corrected chi connectivity index (χ4v) is 2.49. The van der Waals surface area contributed by atoms with Gasteiger partial charge in [-0.25, -0.2) is 0 Å². The molecule has 0 bridgehead atoms. The number of aliphatic hydroxyl groups is 1. The molecule has 0 saturated carbocycles. The second-order valence-corrected chi connectivity index (χ2v) is 5.41. The van der Waals surface area contributed by atoms with Crippen LogP contribution in [0.5, 0.6) is 0 Å². The van der Waals surface area contributed by atoms with Gasteiger partial charge in [-0.3, -0.25) is 4.79 Å². The standard InChI is InChI=1S/C15H22N2O2/c1-15(8-5-9-16-15)14(19)17-13(11-18)10-12-6-3-2-4-7-12/h2-4,6-7,13,16,18H,5,8-11H2,1H3,(H,17,19). The minimum absolute atomic E-state index is 0.0139. The molecule has 1 heterocycles. The molecule has 2 atom stereocenters. The molecule has 1 aromatic carbocycles. The van der Waals surface area contributed by atoms with E-state index in [0.717, 1.165) is 24.9 Å². The summed E-state index contributed by atoms with van der Waals surface area (Å²) in [6.07, 6.45) is 2.52. The molecule has 2 unspecified atom stereocenters. The van der Waals surface area contributed by atoms with Crippen LogP contribution in [-0.4, -0.2) is 35.7 Å². The van der Waals surface area contributed by atoms with E-state index in [4.69, 9.17) is 0 Å². The van der Waals surface area contributed by atoms with Gasteiger partial charge in [0.05, 0.1) is 18.2 Å². The van der Waals surface area contributed by atoms with Crippen LogP contribution >= 0.6 is 0 Å². The Kier molecular flexibility index (Phi) is 4.56. The van der Waals surface area contributed by atoms with E-state index in [1.165, 1.54) is 0 Å². The highest BCUT2D eigenvalue weighted by molar-refractivity contribution is 5.86. The number of hydrogen-bond acceptors (Lipinski definition) is 3. The molecule has 1 saturated heterocycles. The molecule has 19 heavy (non-hydrogen) atoms. The predicted octanol–water partition coefficient (Wildman–Crippen LogP) is 0.848. The van der Waals surface area contributed by atoms with Gasteiger partial charge >= 0.3 is 0 Å². The topological polar surface area (TPSA) is 61.4 Å². The third-order valence-electron chi connectivity index (χ3n) is 3.75. The number of carbonyl (C=O) groups is 1. The molecule has 2 rings (SSSR count). The van der Waals surface area contributed by atoms with Crippen molar-refractivity contribution in [1.29, 1.82) is 0 Å². The Morgan fingerprint density at radius 2 is 2.21 bits per heavy atom. The lowest BCUT2D eigenvalue weighted by atomic mass is 9.98. The molecule has 0 aromatic heterocycles. The van der Waals surface area contributed by atoms with Gasteiger partial charge in [-0.2, -0.15) is 0 Å². The van der Waals surface area contributed by atoms with Crippen molar-refractivity contribution in [3.63, 3.8) is 0 Å². The zero-order valence-corrected chi connectivity index (χ0v) is 11.4. The first-order chi connectivity index (χ1) is 9.14. The number of rotatable bonds is 5. The second kappa shape index (κ2) is 6.17. The molecular formula is C15H22N2O2. The summed E-state index contributed by atoms with van der Waals surface area (Å²) in [5, 5.41) is 15.6. The largest absolute Gasteiger partial charge is 0.394 e. The van der Waals surface area contributed by atoms with Crippen LogP contribution in [0.1, 0.15) is 25.3 Å². The van der Waals surface area contributed by atoms with Gasteiger partial charge in [0.2, 0.25) is 5.91 Å². The van der Waals surface area contributed by atoms with Crippen LogP contribution in [0.15, 0.2) is 30.3 Å². The van der Waals surface area contributed by atoms with Gasteiger partial charge in [-0.15, -0.1) is 0 Å². The zero-order chi connectivity index (χ0) is 13.7. The molecule has 0 radical (unpaired) electrons. The van der Waals surface area contributed by atoms with Crippen molar-refractivity contribution >= 4 is 5.91 Å². The quantitative estimate of drug-likeness (QED) is 0.737. The fourth-order valence-electron chi connectivity index (χ4n) is 2.49. The van der Waals surface area contributed by atoms with Gasteiger partial charge in [-0.1, -0.05) is 30.3 Å². The normalized spacial score (nSPS) is 24.1. The maximum Gasteiger partial charge on any atom is 0.240 e. The van der Waals surface area contributed by atoms with Crippen LogP contribution in [-0.2, 0) is 11.2 Å². The van der Waals surface area contributed by atoms with E-state index in [0.29, 0.717) is 6.42 Å². The molecule has 4 heteroatoms. The average Bonchev–Trinajstić information content (AvgIpc) is 2.87. The van der Waals surface area contributed by atoms with Crippen LogP contribution < -0.4 is 10.6 Å². The molecule has 104 valence electrons. The van der Waals surface area contributed by atoms with Crippen LogP contribution in [0, 0.1) is 0 Å². The van der Waals surface area contributed by atoms with E-state index >= 15 is 0 Å². The molecule has 1 aliphatic rings. The smallest absolute Gasteiger partial charge is 0.240 e. The summed E-state index contributed by atoms with van der Waals surface area (Å²) in [5.74, 6) is -0.0139. The highest BCUT2D eigenvalue weighted by atomic mass is 16.3. The van der Waals surface area contributed by atoms with Gasteiger partial charge in [0.25, 0.3) is 0 Å². The Bertz CT molecular complexity index is 413. The van der Waals surface area contributed by atoms with Crippen LogP contribution in [0.2, 0.25) is 0 Å². The summed E-state index contributed by atoms with van der Waals surface area (Å²) in [6, 6.07) is 9.67. The number of aliphatic hydroxyl groups excluding tert-OH is 1. The fraction of sp³-hybridized carbons (Fsp3) is 0.533. The number of amides is 1. The van der Waals surface area contributed by atoms with Crippen molar-refractivity contribution in [2.45, 2.75) is 37.8 Å².